The molecule has 7 nitrogen and oxygen atoms in total. The molecule has 5 heterocycles. The zero-order chi connectivity index (χ0) is 54.0. The van der Waals surface area contributed by atoms with Crippen molar-refractivity contribution in [1.82, 2.24) is 9.97 Å². The first-order valence-electron chi connectivity index (χ1n) is 29.8. The lowest BCUT2D eigenvalue weighted by Crippen LogP contribution is -2.24. The van der Waals surface area contributed by atoms with Crippen molar-refractivity contribution >= 4 is 73.3 Å². The molecule has 3 aromatic carbocycles. The maximum Gasteiger partial charge on any atom is 0.148 e. The number of fused-ring (bicyclic) bond motifs is 6. The lowest BCUT2D eigenvalue weighted by molar-refractivity contribution is 0.182. The van der Waals surface area contributed by atoms with E-state index in [1.807, 2.05) is 0 Å². The van der Waals surface area contributed by atoms with Crippen LogP contribution in [0, 0.1) is 0 Å². The van der Waals surface area contributed by atoms with E-state index in [0.29, 0.717) is 0 Å². The Bertz CT molecular complexity index is 2990. The second-order valence-corrected chi connectivity index (χ2v) is 24.4. The molecule has 9 heteroatoms. The summed E-state index contributed by atoms with van der Waals surface area (Å²) in [5.74, 6) is 2.62. The van der Waals surface area contributed by atoms with E-state index in [1.165, 1.54) is 89.9 Å². The Morgan fingerprint density at radius 3 is 1.39 bits per heavy atom. The topological polar surface area (TPSA) is 84.0 Å². The summed E-state index contributed by atoms with van der Waals surface area (Å²) >= 11 is 5.17. The average Bonchev–Trinajstić information content (AvgIpc) is 4.33. The minimum absolute atomic E-state index is 0.0342. The van der Waals surface area contributed by atoms with Crippen LogP contribution in [-0.2, 0) is 0 Å². The predicted octanol–water partition coefficient (Wildman–Crippen LogP) is 18.4. The molecule has 5 atom stereocenters. The highest BCUT2D eigenvalue weighted by molar-refractivity contribution is 14.1. The smallest absolute Gasteiger partial charge is 0.148 e. The third-order valence-electron chi connectivity index (χ3n) is 15.6. The number of rotatable bonds is 30. The van der Waals surface area contributed by atoms with Gasteiger partial charge in [0.05, 0.1) is 39.4 Å². The fourth-order valence-corrected chi connectivity index (χ4v) is 12.6. The van der Waals surface area contributed by atoms with E-state index in [9.17, 15) is 0 Å². The molecular weight excluding hydrogens is 1170 g/mol. The quantitative estimate of drug-likeness (QED) is 0.0208. The molecule has 8 bridgehead atoms. The van der Waals surface area contributed by atoms with E-state index in [1.54, 1.807) is 0 Å². The Kier molecular flexibility index (Phi) is 22.5. The summed E-state index contributed by atoms with van der Waals surface area (Å²) in [5, 5.41) is 1.91. The number of aromatic amines is 2. The van der Waals surface area contributed by atoms with Crippen molar-refractivity contribution in [2.45, 2.75) is 202 Å². The number of allylic oxidation sites excluding steroid dienone is 3. The summed E-state index contributed by atoms with van der Waals surface area (Å²) in [6.07, 6.45) is 33.7. The maximum absolute atomic E-state index is 7.13. The second kappa shape index (κ2) is 29.6. The molecule has 0 saturated heterocycles. The van der Waals surface area contributed by atoms with Gasteiger partial charge in [-0.05, 0) is 147 Å². The number of halogens is 2. The van der Waals surface area contributed by atoms with Crippen LogP contribution < -0.4 is 24.9 Å². The molecule has 0 amide bonds. The van der Waals surface area contributed by atoms with Crippen LogP contribution in [0.1, 0.15) is 208 Å². The van der Waals surface area contributed by atoms with Crippen molar-refractivity contribution in [2.75, 3.05) is 0 Å². The van der Waals surface area contributed by atoms with Gasteiger partial charge in [0.15, 0.2) is 0 Å². The van der Waals surface area contributed by atoms with E-state index < -0.39 is 3.55 Å². The van der Waals surface area contributed by atoms with Crippen molar-refractivity contribution in [3.8, 4) is 17.2 Å². The number of H-pyrrole nitrogens is 2. The van der Waals surface area contributed by atoms with E-state index >= 15 is 0 Å². The zero-order valence-corrected chi connectivity index (χ0v) is 51.4. The summed E-state index contributed by atoms with van der Waals surface area (Å²) in [4.78, 5) is 19.4. The number of hydrogen-bond donors (Lipinski definition) is 2. The van der Waals surface area contributed by atoms with E-state index in [0.717, 1.165) is 135 Å². The highest BCUT2D eigenvalue weighted by Crippen LogP contribution is 2.48. The molecule has 0 saturated carbocycles. The number of unbranched alkanes of at least 4 members (excludes halogenated alkanes) is 12. The Balaban J connectivity index is 1.34. The van der Waals surface area contributed by atoms with Gasteiger partial charge < -0.3 is 24.2 Å². The minimum Gasteiger partial charge on any atom is -0.490 e. The first-order valence-corrected chi connectivity index (χ1v) is 32.1. The number of ether oxygens (including phenoxy) is 3. The molecule has 2 N–H and O–H groups in total. The van der Waals surface area contributed by atoms with Crippen molar-refractivity contribution in [3.63, 3.8) is 0 Å². The van der Waals surface area contributed by atoms with Gasteiger partial charge in [-0.3, -0.25) is 4.99 Å². The van der Waals surface area contributed by atoms with Crippen molar-refractivity contribution < 1.29 is 14.2 Å². The minimum atomic E-state index is -0.592. The normalized spacial score (nSPS) is 18.2. The van der Waals surface area contributed by atoms with E-state index in [4.69, 9.17) is 24.2 Å². The Morgan fingerprint density at radius 1 is 0.481 bits per heavy atom. The number of aliphatic imine (C=N–C) groups is 2. The molecule has 0 aliphatic carbocycles. The first kappa shape index (κ1) is 58.5. The van der Waals surface area contributed by atoms with Gasteiger partial charge in [-0.2, -0.15) is 0 Å². The number of benzene rings is 3. The summed E-state index contributed by atoms with van der Waals surface area (Å²) in [6.45, 7) is 13.6. The Labute approximate surface area is 489 Å². The van der Waals surface area contributed by atoms with E-state index in [-0.39, 0.29) is 22.2 Å². The van der Waals surface area contributed by atoms with Crippen LogP contribution in [-0.4, -0.2) is 43.2 Å². The SMILES string of the molecule is CCCCCCCC(CC)Oc1ccccc1C1=C2C=CC(=N2)C(c2ccccc2OC(CC)CCCCCCC)=c2ccc([nH]2)=C(c2ccccc2OC(CC)CCCCCCC)C2=NC(I)(C=C2)C(I)c2ccc1[nH]2. The van der Waals surface area contributed by atoms with Gasteiger partial charge in [0.1, 0.15) is 20.8 Å². The molecule has 3 aliphatic rings. The van der Waals surface area contributed by atoms with Gasteiger partial charge in [-0.25, -0.2) is 4.99 Å². The van der Waals surface area contributed by atoms with Gasteiger partial charge in [-0.15, -0.1) is 0 Å². The van der Waals surface area contributed by atoms with Crippen LogP contribution in [0.25, 0.3) is 16.7 Å². The third-order valence-corrected chi connectivity index (χ3v) is 19.6. The number of nitrogens with one attached hydrogen (secondary N) is 2. The van der Waals surface area contributed by atoms with Gasteiger partial charge in [-0.1, -0.05) is 196 Å². The molecule has 8 rings (SSSR count). The fraction of sp³-hybridized carbons (Fsp3) is 0.471. The summed E-state index contributed by atoms with van der Waals surface area (Å²) in [7, 11) is 0. The van der Waals surface area contributed by atoms with Gasteiger partial charge >= 0.3 is 0 Å². The standard InChI is InChI=1S/C68H86I2N4O3/c1-7-13-16-19-22-31-48(10-4)75-61-37-28-25-34-51(61)64-54-40-41-56(71-54)65(52-35-26-29-38-62(52)76-49(11-5)32-23-20-17-14-8-2)57-44-45-60(73-57)67(69)68(70)47-46-59(74-68)66(58-43-42-55(64)72-58)53-36-27-30-39-63(53)77-50(12-6)33-24-21-18-15-9-3/h25-30,34-50,67,72-73H,7-24,31-33H2,1-6H3. The number of para-hydroxylation sites is 3. The Hall–Kier alpha value is -4.62. The molecule has 0 spiro atoms. The van der Waals surface area contributed by atoms with Crippen LogP contribution >= 0.6 is 45.2 Å². The number of alkyl halides is 2. The molecule has 410 valence electrons. The zero-order valence-electron chi connectivity index (χ0n) is 47.1. The highest BCUT2D eigenvalue weighted by atomic mass is 127. The first-order chi connectivity index (χ1) is 37.7. The second-order valence-electron chi connectivity index (χ2n) is 21.4. The lowest BCUT2D eigenvalue weighted by Gasteiger charge is -2.24. The average molecular weight is 1260 g/mol. The highest BCUT2D eigenvalue weighted by Gasteiger charge is 2.39. The summed E-state index contributed by atoms with van der Waals surface area (Å²) in [6, 6.07) is 34.7. The van der Waals surface area contributed by atoms with Gasteiger partial charge in [0.2, 0.25) is 0 Å². The summed E-state index contributed by atoms with van der Waals surface area (Å²) in [5.41, 5.74) is 10.7. The van der Waals surface area contributed by atoms with Crippen LogP contribution in [0.4, 0.5) is 0 Å². The molecular formula is C68H86I2N4O3. The molecule has 3 aliphatic heterocycles. The van der Waals surface area contributed by atoms with Gasteiger partial charge in [0.25, 0.3) is 0 Å². The molecule has 5 unspecified atom stereocenters. The fourth-order valence-electron chi connectivity index (χ4n) is 11.1. The van der Waals surface area contributed by atoms with Crippen molar-refractivity contribution in [1.29, 1.82) is 0 Å². The monoisotopic (exact) mass is 1260 g/mol. The van der Waals surface area contributed by atoms with Crippen LogP contribution in [0.2, 0.25) is 0 Å². The molecule has 5 aromatic rings. The predicted molar refractivity (Wildman–Crippen MR) is 342 cm³/mol. The maximum atomic E-state index is 7.13. The largest absolute Gasteiger partial charge is 0.490 e. The third kappa shape index (κ3) is 15.0. The Morgan fingerprint density at radius 2 is 0.922 bits per heavy atom. The number of hydrogen-bond acceptors (Lipinski definition) is 5. The van der Waals surface area contributed by atoms with Crippen LogP contribution in [0.3, 0.4) is 0 Å². The van der Waals surface area contributed by atoms with Gasteiger partial charge in [0, 0.05) is 55.5 Å². The van der Waals surface area contributed by atoms with Crippen LogP contribution in [0.15, 0.2) is 137 Å². The van der Waals surface area contributed by atoms with Crippen LogP contribution in [0.5, 0.6) is 17.2 Å². The molecule has 0 radical (unpaired) electrons. The number of aromatic nitrogens is 2. The molecule has 2 aromatic heterocycles. The molecule has 77 heavy (non-hydrogen) atoms. The van der Waals surface area contributed by atoms with Crippen molar-refractivity contribution in [3.05, 3.63) is 166 Å². The number of nitrogens with zero attached hydrogens (tertiary/aromatic N) is 2. The summed E-state index contributed by atoms with van der Waals surface area (Å²) < 4.78 is 20.7. The van der Waals surface area contributed by atoms with Crippen molar-refractivity contribution in [2.24, 2.45) is 9.98 Å². The molecule has 0 fully saturated rings. The lowest BCUT2D eigenvalue weighted by atomic mass is 9.99. The van der Waals surface area contributed by atoms with E-state index in [2.05, 4.69) is 218 Å².